The predicted molar refractivity (Wildman–Crippen MR) is 151 cm³/mol. The molecule has 0 aliphatic rings. The highest BCUT2D eigenvalue weighted by Crippen LogP contribution is 2.35. The normalized spacial score (nSPS) is 12.8. The van der Waals surface area contributed by atoms with Gasteiger partial charge in [-0.15, -0.1) is 0 Å². The van der Waals surface area contributed by atoms with Gasteiger partial charge in [-0.2, -0.15) is 0 Å². The maximum absolute atomic E-state index is 15.6. The molecule has 3 aromatic rings. The lowest BCUT2D eigenvalue weighted by atomic mass is 9.78. The molecule has 0 amide bonds. The fourth-order valence-electron chi connectivity index (χ4n) is 4.67. The van der Waals surface area contributed by atoms with Gasteiger partial charge >= 0.3 is 0 Å². The van der Waals surface area contributed by atoms with Gasteiger partial charge in [0, 0.05) is 16.5 Å². The summed E-state index contributed by atoms with van der Waals surface area (Å²) in [7, 11) is 0. The largest absolute Gasteiger partial charge is 0.207 e. The third kappa shape index (κ3) is 6.69. The molecule has 0 aliphatic carbocycles. The van der Waals surface area contributed by atoms with Gasteiger partial charge in [0.15, 0.2) is 0 Å². The molecule has 3 heteroatoms. The molecule has 0 aliphatic heterocycles. The Morgan fingerprint density at radius 1 is 0.571 bits per heavy atom. The van der Waals surface area contributed by atoms with Gasteiger partial charge in [-0.3, -0.25) is 0 Å². The lowest BCUT2D eigenvalue weighted by Crippen LogP contribution is -2.18. The minimum Gasteiger partial charge on any atom is -0.207 e. The van der Waals surface area contributed by atoms with Crippen LogP contribution in [0.3, 0.4) is 0 Å². The van der Waals surface area contributed by atoms with Gasteiger partial charge in [-0.25, -0.2) is 4.39 Å². The molecule has 0 radical (unpaired) electrons. The van der Waals surface area contributed by atoms with Gasteiger partial charge in [-0.1, -0.05) is 110 Å². The van der Waals surface area contributed by atoms with Crippen molar-refractivity contribution in [3.63, 3.8) is 0 Å². The van der Waals surface area contributed by atoms with Crippen molar-refractivity contribution < 1.29 is 4.39 Å². The molecule has 0 atom stereocenters. The summed E-state index contributed by atoms with van der Waals surface area (Å²) in [4.78, 5) is 0. The van der Waals surface area contributed by atoms with Crippen LogP contribution < -0.4 is 0 Å². The van der Waals surface area contributed by atoms with Crippen molar-refractivity contribution in [3.05, 3.63) is 103 Å². The van der Waals surface area contributed by atoms with E-state index < -0.39 is 0 Å². The van der Waals surface area contributed by atoms with E-state index in [1.54, 1.807) is 6.07 Å². The van der Waals surface area contributed by atoms with Crippen LogP contribution in [-0.2, 0) is 29.1 Å². The van der Waals surface area contributed by atoms with Crippen molar-refractivity contribution in [1.82, 2.24) is 0 Å². The molecule has 0 spiro atoms. The van der Waals surface area contributed by atoms with Crippen molar-refractivity contribution in [1.29, 1.82) is 0 Å². The Bertz CT molecular complexity index is 1220. The molecule has 3 rings (SSSR count). The SMILES string of the molecule is CC(C)(C)c1ccc(Cl)c(Cc2cc(F)c(Cc3cc(Cl)ccc3C(C)(C)C)cc2C(C)(C)C)c1. The fourth-order valence-corrected chi connectivity index (χ4v) is 5.05. The summed E-state index contributed by atoms with van der Waals surface area (Å²) in [6, 6.07) is 16.0. The molecule has 0 fully saturated rings. The lowest BCUT2D eigenvalue weighted by molar-refractivity contribution is 0.566. The summed E-state index contributed by atoms with van der Waals surface area (Å²) in [5, 5.41) is 1.39. The highest BCUT2D eigenvalue weighted by molar-refractivity contribution is 6.31. The molecular formula is C32H39Cl2F. The first kappa shape index (κ1) is 27.8. The number of benzene rings is 3. The van der Waals surface area contributed by atoms with Crippen LogP contribution >= 0.6 is 23.2 Å². The molecule has 35 heavy (non-hydrogen) atoms. The van der Waals surface area contributed by atoms with Crippen LogP contribution in [0.5, 0.6) is 0 Å². The van der Waals surface area contributed by atoms with E-state index in [0.29, 0.717) is 23.4 Å². The van der Waals surface area contributed by atoms with E-state index in [2.05, 4.69) is 86.6 Å². The molecule has 0 saturated carbocycles. The number of rotatable bonds is 4. The van der Waals surface area contributed by atoms with Crippen LogP contribution in [0.2, 0.25) is 10.0 Å². The van der Waals surface area contributed by atoms with Gasteiger partial charge in [0.1, 0.15) is 5.82 Å². The summed E-state index contributed by atoms with van der Waals surface area (Å²) < 4.78 is 15.6. The van der Waals surface area contributed by atoms with E-state index in [-0.39, 0.29) is 22.1 Å². The minimum absolute atomic E-state index is 0.0169. The topological polar surface area (TPSA) is 0 Å². The molecule has 0 nitrogen and oxygen atoms in total. The highest BCUT2D eigenvalue weighted by Gasteiger charge is 2.24. The second-order valence-corrected chi connectivity index (χ2v) is 13.7. The Balaban J connectivity index is 2.10. The zero-order chi connectivity index (χ0) is 26.3. The standard InChI is InChI=1S/C32H39Cl2F/c1-30(2,3)24-10-13-28(34)22(16-24)14-21-19-29(35)23(18-27(21)32(7,8)9)15-20-17-25(33)11-12-26(20)31(4,5)6/h10-13,16-19H,14-15H2,1-9H3. The van der Waals surface area contributed by atoms with Crippen molar-refractivity contribution in [3.8, 4) is 0 Å². The molecule has 0 saturated heterocycles. The van der Waals surface area contributed by atoms with E-state index in [1.165, 1.54) is 11.1 Å². The van der Waals surface area contributed by atoms with Crippen LogP contribution in [0.1, 0.15) is 101 Å². The van der Waals surface area contributed by atoms with Gasteiger partial charge < -0.3 is 0 Å². The molecule has 0 aromatic heterocycles. The van der Waals surface area contributed by atoms with Gasteiger partial charge in [0.05, 0.1) is 0 Å². The van der Waals surface area contributed by atoms with Gasteiger partial charge in [0.2, 0.25) is 0 Å². The Morgan fingerprint density at radius 3 is 1.71 bits per heavy atom. The number of halogens is 3. The summed E-state index contributed by atoms with van der Waals surface area (Å²) in [6.45, 7) is 19.6. The molecule has 0 heterocycles. The minimum atomic E-state index is -0.184. The zero-order valence-electron chi connectivity index (χ0n) is 22.7. The van der Waals surface area contributed by atoms with Crippen molar-refractivity contribution >= 4 is 23.2 Å². The fraction of sp³-hybridized carbons (Fsp3) is 0.438. The molecule has 188 valence electrons. The summed E-state index contributed by atoms with van der Waals surface area (Å²) in [5.41, 5.74) is 7.14. The van der Waals surface area contributed by atoms with Crippen LogP contribution in [-0.4, -0.2) is 0 Å². The monoisotopic (exact) mass is 512 g/mol. The highest BCUT2D eigenvalue weighted by atomic mass is 35.5. The number of hydrogen-bond donors (Lipinski definition) is 0. The Morgan fingerprint density at radius 2 is 1.14 bits per heavy atom. The van der Waals surface area contributed by atoms with Crippen LogP contribution in [0.4, 0.5) is 4.39 Å². The average Bonchev–Trinajstić information content (AvgIpc) is 2.69. The van der Waals surface area contributed by atoms with Crippen molar-refractivity contribution in [2.24, 2.45) is 0 Å². The molecule has 3 aromatic carbocycles. The third-order valence-corrected chi connectivity index (χ3v) is 7.23. The second kappa shape index (κ2) is 9.91. The van der Waals surface area contributed by atoms with E-state index in [0.717, 1.165) is 27.3 Å². The first-order chi connectivity index (χ1) is 16.0. The summed E-state index contributed by atoms with van der Waals surface area (Å²) >= 11 is 13.0. The van der Waals surface area contributed by atoms with Crippen LogP contribution in [0, 0.1) is 5.82 Å². The molecule has 0 N–H and O–H groups in total. The molecule has 0 bridgehead atoms. The third-order valence-electron chi connectivity index (χ3n) is 6.63. The Labute approximate surface area is 221 Å². The second-order valence-electron chi connectivity index (χ2n) is 12.8. The quantitative estimate of drug-likeness (QED) is 0.326. The van der Waals surface area contributed by atoms with Crippen LogP contribution in [0.25, 0.3) is 0 Å². The van der Waals surface area contributed by atoms with Gasteiger partial charge in [-0.05, 0) is 85.9 Å². The van der Waals surface area contributed by atoms with E-state index in [1.807, 2.05) is 18.2 Å². The lowest BCUT2D eigenvalue weighted by Gasteiger charge is -2.27. The summed E-state index contributed by atoms with van der Waals surface area (Å²) in [6.07, 6.45) is 1.10. The Hall–Kier alpha value is -1.83. The summed E-state index contributed by atoms with van der Waals surface area (Å²) in [5.74, 6) is -0.184. The zero-order valence-corrected chi connectivity index (χ0v) is 24.2. The van der Waals surface area contributed by atoms with E-state index in [9.17, 15) is 0 Å². The average molecular weight is 514 g/mol. The molecule has 0 unspecified atom stereocenters. The maximum Gasteiger partial charge on any atom is 0.127 e. The first-order valence-corrected chi connectivity index (χ1v) is 13.1. The number of hydrogen-bond acceptors (Lipinski definition) is 0. The predicted octanol–water partition coefficient (Wildman–Crippen LogP) is 10.2. The first-order valence-electron chi connectivity index (χ1n) is 12.4. The Kier molecular flexibility index (Phi) is 7.86. The maximum atomic E-state index is 15.6. The van der Waals surface area contributed by atoms with E-state index in [4.69, 9.17) is 23.2 Å². The smallest absolute Gasteiger partial charge is 0.127 e. The van der Waals surface area contributed by atoms with E-state index >= 15 is 4.39 Å². The van der Waals surface area contributed by atoms with Crippen molar-refractivity contribution in [2.45, 2.75) is 91.4 Å². The van der Waals surface area contributed by atoms with Crippen molar-refractivity contribution in [2.75, 3.05) is 0 Å². The van der Waals surface area contributed by atoms with Crippen LogP contribution in [0.15, 0.2) is 48.5 Å². The van der Waals surface area contributed by atoms with Gasteiger partial charge in [0.25, 0.3) is 0 Å². The molecular weight excluding hydrogens is 474 g/mol.